The summed E-state index contributed by atoms with van der Waals surface area (Å²) in [6.07, 6.45) is 0. The number of nitrogens with zero attached hydrogens (tertiary/aromatic N) is 1. The molecule has 2 aromatic rings. The van der Waals surface area contributed by atoms with Gasteiger partial charge in [0.1, 0.15) is 0 Å². The van der Waals surface area contributed by atoms with E-state index in [1.165, 1.54) is 0 Å². The summed E-state index contributed by atoms with van der Waals surface area (Å²) >= 11 is 0. The number of primary amides is 1. The number of nitrogens with one attached hydrogen (secondary N) is 2. The van der Waals surface area contributed by atoms with E-state index in [4.69, 9.17) is 10.5 Å². The maximum atomic E-state index is 12.7. The number of carbonyl (C=O) groups excluding carboxylic acids is 2. The lowest BCUT2D eigenvalue weighted by atomic mass is 10.1. The van der Waals surface area contributed by atoms with Crippen molar-refractivity contribution in [3.05, 3.63) is 65.7 Å². The van der Waals surface area contributed by atoms with E-state index in [9.17, 15) is 9.59 Å². The molecule has 1 heterocycles. The predicted octanol–water partition coefficient (Wildman–Crippen LogP) is 1.98. The third kappa shape index (κ3) is 5.54. The van der Waals surface area contributed by atoms with Gasteiger partial charge in [0.2, 0.25) is 0 Å². The summed E-state index contributed by atoms with van der Waals surface area (Å²) in [5, 5.41) is 5.60. The highest BCUT2D eigenvalue weighted by Crippen LogP contribution is 2.17. The van der Waals surface area contributed by atoms with Crippen molar-refractivity contribution in [3.8, 4) is 0 Å². The Hall–Kier alpha value is -2.90. The van der Waals surface area contributed by atoms with E-state index in [1.807, 2.05) is 30.3 Å². The quantitative estimate of drug-likeness (QED) is 0.726. The maximum Gasteiger partial charge on any atom is 0.316 e. The smallest absolute Gasteiger partial charge is 0.316 e. The van der Waals surface area contributed by atoms with E-state index in [0.29, 0.717) is 24.5 Å². The number of morpholine rings is 1. The second-order valence-electron chi connectivity index (χ2n) is 6.42. The first-order valence-corrected chi connectivity index (χ1v) is 8.94. The van der Waals surface area contributed by atoms with Gasteiger partial charge < -0.3 is 21.1 Å². The summed E-state index contributed by atoms with van der Waals surface area (Å²) in [5.74, 6) is -0.164. The Kier molecular flexibility index (Phi) is 6.40. The molecular formula is C20H24N4O3. The van der Waals surface area contributed by atoms with Crippen LogP contribution in [-0.4, -0.2) is 49.7 Å². The summed E-state index contributed by atoms with van der Waals surface area (Å²) in [5.41, 5.74) is 7.23. The SMILES string of the molecule is NC(=O)Nc1ccc(C(=O)N[C@H](CN2CCOCC2)c2ccccc2)cc1. The van der Waals surface area contributed by atoms with Crippen LogP contribution in [0.2, 0.25) is 0 Å². The summed E-state index contributed by atoms with van der Waals surface area (Å²) in [6.45, 7) is 3.85. The molecule has 3 rings (SSSR count). The molecule has 27 heavy (non-hydrogen) atoms. The summed E-state index contributed by atoms with van der Waals surface area (Å²) in [7, 11) is 0. The second kappa shape index (κ2) is 9.16. The molecule has 0 saturated carbocycles. The third-order valence-electron chi connectivity index (χ3n) is 4.47. The molecule has 3 amide bonds. The van der Waals surface area contributed by atoms with Gasteiger partial charge in [0, 0.05) is 30.9 Å². The van der Waals surface area contributed by atoms with Crippen LogP contribution in [0, 0.1) is 0 Å². The number of rotatable bonds is 6. The predicted molar refractivity (Wildman–Crippen MR) is 104 cm³/mol. The van der Waals surface area contributed by atoms with Crippen LogP contribution in [0.4, 0.5) is 10.5 Å². The third-order valence-corrected chi connectivity index (χ3v) is 4.47. The van der Waals surface area contributed by atoms with Crippen LogP contribution in [-0.2, 0) is 4.74 Å². The lowest BCUT2D eigenvalue weighted by Gasteiger charge is -2.31. The van der Waals surface area contributed by atoms with Crippen LogP contribution < -0.4 is 16.4 Å². The zero-order valence-electron chi connectivity index (χ0n) is 15.1. The topological polar surface area (TPSA) is 96.7 Å². The molecule has 0 unspecified atom stereocenters. The van der Waals surface area contributed by atoms with Crippen molar-refractivity contribution in [2.45, 2.75) is 6.04 Å². The average molecular weight is 368 g/mol. The molecule has 2 aromatic carbocycles. The van der Waals surface area contributed by atoms with Gasteiger partial charge in [-0.1, -0.05) is 30.3 Å². The molecule has 0 radical (unpaired) electrons. The molecule has 0 aromatic heterocycles. The molecule has 7 nitrogen and oxygen atoms in total. The Balaban J connectivity index is 1.70. The molecule has 142 valence electrons. The van der Waals surface area contributed by atoms with Crippen LogP contribution in [0.5, 0.6) is 0 Å². The number of nitrogens with two attached hydrogens (primary N) is 1. The van der Waals surface area contributed by atoms with Crippen LogP contribution >= 0.6 is 0 Å². The highest BCUT2D eigenvalue weighted by atomic mass is 16.5. The van der Waals surface area contributed by atoms with Crippen LogP contribution in [0.15, 0.2) is 54.6 Å². The monoisotopic (exact) mass is 368 g/mol. The van der Waals surface area contributed by atoms with Gasteiger partial charge in [0.05, 0.1) is 19.3 Å². The number of hydrogen-bond acceptors (Lipinski definition) is 4. The highest BCUT2D eigenvalue weighted by Gasteiger charge is 2.20. The van der Waals surface area contributed by atoms with E-state index in [0.717, 1.165) is 25.2 Å². The fourth-order valence-electron chi connectivity index (χ4n) is 3.05. The van der Waals surface area contributed by atoms with E-state index < -0.39 is 6.03 Å². The number of anilines is 1. The van der Waals surface area contributed by atoms with Crippen molar-refractivity contribution in [2.75, 3.05) is 38.2 Å². The molecule has 0 spiro atoms. The number of amides is 3. The standard InChI is InChI=1S/C20H24N4O3/c21-20(26)22-17-8-6-16(7-9-17)19(25)23-18(15-4-2-1-3-5-15)14-24-10-12-27-13-11-24/h1-9,18H,10-14H2,(H,23,25)(H3,21,22,26)/t18-/m1/s1. The first-order chi connectivity index (χ1) is 13.1. The van der Waals surface area contributed by atoms with Gasteiger partial charge in [-0.15, -0.1) is 0 Å². The maximum absolute atomic E-state index is 12.7. The van der Waals surface area contributed by atoms with Gasteiger partial charge in [-0.3, -0.25) is 9.69 Å². The molecule has 7 heteroatoms. The van der Waals surface area contributed by atoms with E-state index >= 15 is 0 Å². The van der Waals surface area contributed by atoms with Gasteiger partial charge in [0.15, 0.2) is 0 Å². The molecule has 1 atom stereocenters. The van der Waals surface area contributed by atoms with E-state index in [-0.39, 0.29) is 11.9 Å². The molecule has 1 aliphatic heterocycles. The van der Waals surface area contributed by atoms with E-state index in [2.05, 4.69) is 15.5 Å². The van der Waals surface area contributed by atoms with E-state index in [1.54, 1.807) is 24.3 Å². The Labute approximate surface area is 158 Å². The minimum absolute atomic E-state index is 0.125. The van der Waals surface area contributed by atoms with Gasteiger partial charge in [-0.25, -0.2) is 4.79 Å². The molecule has 0 aliphatic carbocycles. The van der Waals surface area contributed by atoms with Gasteiger partial charge in [-0.2, -0.15) is 0 Å². The fourth-order valence-corrected chi connectivity index (χ4v) is 3.05. The minimum Gasteiger partial charge on any atom is -0.379 e. The van der Waals surface area contributed by atoms with Crippen molar-refractivity contribution < 1.29 is 14.3 Å². The van der Waals surface area contributed by atoms with Gasteiger partial charge in [-0.05, 0) is 29.8 Å². The van der Waals surface area contributed by atoms with Crippen molar-refractivity contribution in [2.24, 2.45) is 5.73 Å². The summed E-state index contributed by atoms with van der Waals surface area (Å²) in [4.78, 5) is 25.9. The Morgan fingerprint density at radius 3 is 2.33 bits per heavy atom. The molecule has 4 N–H and O–H groups in total. The lowest BCUT2D eigenvalue weighted by molar-refractivity contribution is 0.0332. The molecule has 1 fully saturated rings. The van der Waals surface area contributed by atoms with Gasteiger partial charge >= 0.3 is 6.03 Å². The number of carbonyl (C=O) groups is 2. The minimum atomic E-state index is -0.637. The summed E-state index contributed by atoms with van der Waals surface area (Å²) < 4.78 is 5.41. The van der Waals surface area contributed by atoms with Crippen molar-refractivity contribution in [1.29, 1.82) is 0 Å². The van der Waals surface area contributed by atoms with Crippen LogP contribution in [0.3, 0.4) is 0 Å². The van der Waals surface area contributed by atoms with Crippen LogP contribution in [0.25, 0.3) is 0 Å². The number of ether oxygens (including phenoxy) is 1. The average Bonchev–Trinajstić information content (AvgIpc) is 2.69. The molecule has 1 saturated heterocycles. The lowest BCUT2D eigenvalue weighted by Crippen LogP contribution is -2.43. The summed E-state index contributed by atoms with van der Waals surface area (Å²) in [6, 6.07) is 15.8. The van der Waals surface area contributed by atoms with Crippen molar-refractivity contribution in [3.63, 3.8) is 0 Å². The Morgan fingerprint density at radius 1 is 1.04 bits per heavy atom. The number of benzene rings is 2. The van der Waals surface area contributed by atoms with Crippen molar-refractivity contribution >= 4 is 17.6 Å². The normalized spacial score (nSPS) is 15.7. The van der Waals surface area contributed by atoms with Crippen LogP contribution in [0.1, 0.15) is 22.0 Å². The van der Waals surface area contributed by atoms with Gasteiger partial charge in [0.25, 0.3) is 5.91 Å². The zero-order valence-corrected chi connectivity index (χ0v) is 15.1. The Morgan fingerprint density at radius 2 is 1.70 bits per heavy atom. The first kappa shape index (κ1) is 18.9. The zero-order chi connectivity index (χ0) is 19.1. The van der Waals surface area contributed by atoms with Crippen molar-refractivity contribution in [1.82, 2.24) is 10.2 Å². The Bertz CT molecular complexity index is 759. The largest absolute Gasteiger partial charge is 0.379 e. The number of urea groups is 1. The molecule has 0 bridgehead atoms. The first-order valence-electron chi connectivity index (χ1n) is 8.94. The highest BCUT2D eigenvalue weighted by molar-refractivity contribution is 5.95. The fraction of sp³-hybridized carbons (Fsp3) is 0.300. The second-order valence-corrected chi connectivity index (χ2v) is 6.42. The molecular weight excluding hydrogens is 344 g/mol. The molecule has 1 aliphatic rings. The number of hydrogen-bond donors (Lipinski definition) is 3.